The molecule has 0 saturated carbocycles. The molecule has 3 rings (SSSR count). The molecule has 7 nitrogen and oxygen atoms in total. The fraction of sp³-hybridized carbons (Fsp3) is 0.211. The molecule has 0 aliphatic carbocycles. The van der Waals surface area contributed by atoms with Crippen molar-refractivity contribution in [3.05, 3.63) is 65.8 Å². The van der Waals surface area contributed by atoms with Gasteiger partial charge < -0.3 is 10.2 Å². The number of aliphatic hydroxyl groups excluding tert-OH is 2. The minimum atomic E-state index is -3.80. The Morgan fingerprint density at radius 1 is 0.929 bits per heavy atom. The van der Waals surface area contributed by atoms with Gasteiger partial charge >= 0.3 is 0 Å². The number of aromatic nitrogens is 2. The van der Waals surface area contributed by atoms with E-state index in [-0.39, 0.29) is 31.2 Å². The molecule has 0 aliphatic rings. The smallest absolute Gasteiger partial charge is 0.243 e. The Labute approximate surface area is 168 Å². The highest BCUT2D eigenvalue weighted by Gasteiger charge is 2.23. The number of hydrogen-bond donors (Lipinski definition) is 2. The van der Waals surface area contributed by atoms with E-state index in [2.05, 4.69) is 5.10 Å². The summed E-state index contributed by atoms with van der Waals surface area (Å²) in [5.41, 5.74) is 2.39. The first-order valence-corrected chi connectivity index (χ1v) is 10.4. The SMILES string of the molecule is O=S(=O)(c1ccc(-n2ccc(-c3ccc(Cl)cc3)n2)cc1)N(CCO)CCO. The zero-order valence-electron chi connectivity index (χ0n) is 14.9. The van der Waals surface area contributed by atoms with Gasteiger partial charge in [-0.25, -0.2) is 13.1 Å². The molecule has 9 heteroatoms. The van der Waals surface area contributed by atoms with Crippen LogP contribution in [-0.4, -0.2) is 59.0 Å². The number of hydrogen-bond acceptors (Lipinski definition) is 5. The fourth-order valence-corrected chi connectivity index (χ4v) is 4.29. The summed E-state index contributed by atoms with van der Waals surface area (Å²) in [5.74, 6) is 0. The molecule has 0 atom stereocenters. The van der Waals surface area contributed by atoms with Crippen LogP contribution in [0.1, 0.15) is 0 Å². The fourth-order valence-electron chi connectivity index (χ4n) is 2.74. The number of benzene rings is 2. The van der Waals surface area contributed by atoms with Crippen LogP contribution in [0.5, 0.6) is 0 Å². The number of sulfonamides is 1. The monoisotopic (exact) mass is 421 g/mol. The summed E-state index contributed by atoms with van der Waals surface area (Å²) in [5, 5.41) is 23.3. The molecule has 0 saturated heterocycles. The van der Waals surface area contributed by atoms with Gasteiger partial charge in [0.15, 0.2) is 0 Å². The van der Waals surface area contributed by atoms with Gasteiger partial charge in [-0.1, -0.05) is 23.7 Å². The zero-order chi connectivity index (χ0) is 20.1. The molecule has 0 amide bonds. The lowest BCUT2D eigenvalue weighted by molar-refractivity contribution is 0.217. The summed E-state index contributed by atoms with van der Waals surface area (Å²) in [6, 6.07) is 15.5. The molecule has 0 spiro atoms. The average Bonchev–Trinajstić information content (AvgIpc) is 3.19. The summed E-state index contributed by atoms with van der Waals surface area (Å²) in [6.45, 7) is -0.793. The molecule has 0 unspecified atom stereocenters. The van der Waals surface area contributed by atoms with E-state index in [1.807, 2.05) is 18.2 Å². The third-order valence-corrected chi connectivity index (χ3v) is 6.33. The Hall–Kier alpha value is -2.23. The lowest BCUT2D eigenvalue weighted by Gasteiger charge is -2.20. The van der Waals surface area contributed by atoms with Gasteiger partial charge in [-0.2, -0.15) is 9.40 Å². The third kappa shape index (κ3) is 4.43. The Balaban J connectivity index is 1.84. The van der Waals surface area contributed by atoms with E-state index in [0.29, 0.717) is 10.7 Å². The number of nitrogens with zero attached hydrogens (tertiary/aromatic N) is 3. The van der Waals surface area contributed by atoms with Crippen LogP contribution in [0.4, 0.5) is 0 Å². The van der Waals surface area contributed by atoms with Gasteiger partial charge in [-0.05, 0) is 42.5 Å². The van der Waals surface area contributed by atoms with E-state index < -0.39 is 10.0 Å². The quantitative estimate of drug-likeness (QED) is 0.581. The van der Waals surface area contributed by atoms with Gasteiger partial charge in [0.2, 0.25) is 10.0 Å². The maximum absolute atomic E-state index is 12.6. The average molecular weight is 422 g/mol. The van der Waals surface area contributed by atoms with Crippen LogP contribution in [0.2, 0.25) is 5.02 Å². The lowest BCUT2D eigenvalue weighted by atomic mass is 10.2. The van der Waals surface area contributed by atoms with Gasteiger partial charge in [-0.15, -0.1) is 0 Å². The maximum atomic E-state index is 12.6. The topological polar surface area (TPSA) is 95.7 Å². The number of halogens is 1. The first-order valence-electron chi connectivity index (χ1n) is 8.59. The zero-order valence-corrected chi connectivity index (χ0v) is 16.5. The predicted molar refractivity (Wildman–Crippen MR) is 107 cm³/mol. The van der Waals surface area contributed by atoms with E-state index in [0.717, 1.165) is 15.6 Å². The molecule has 1 aromatic heterocycles. The van der Waals surface area contributed by atoms with Crippen LogP contribution in [0, 0.1) is 0 Å². The molecule has 3 aromatic rings. The Morgan fingerprint density at radius 3 is 2.11 bits per heavy atom. The molecule has 148 valence electrons. The van der Waals surface area contributed by atoms with E-state index in [4.69, 9.17) is 21.8 Å². The van der Waals surface area contributed by atoms with Gasteiger partial charge in [0, 0.05) is 29.9 Å². The minimum Gasteiger partial charge on any atom is -0.395 e. The Kier molecular flexibility index (Phi) is 6.48. The van der Waals surface area contributed by atoms with E-state index in [9.17, 15) is 8.42 Å². The second-order valence-corrected chi connectivity index (χ2v) is 8.37. The maximum Gasteiger partial charge on any atom is 0.243 e. The highest BCUT2D eigenvalue weighted by atomic mass is 35.5. The second kappa shape index (κ2) is 8.85. The number of aliphatic hydroxyl groups is 2. The van der Waals surface area contributed by atoms with Crippen molar-refractivity contribution < 1.29 is 18.6 Å². The summed E-state index contributed by atoms with van der Waals surface area (Å²) in [6.07, 6.45) is 1.79. The van der Waals surface area contributed by atoms with E-state index >= 15 is 0 Å². The van der Waals surface area contributed by atoms with Crippen molar-refractivity contribution >= 4 is 21.6 Å². The van der Waals surface area contributed by atoms with E-state index in [1.54, 1.807) is 35.1 Å². The highest BCUT2D eigenvalue weighted by Crippen LogP contribution is 2.22. The van der Waals surface area contributed by atoms with Crippen molar-refractivity contribution in [2.24, 2.45) is 0 Å². The van der Waals surface area contributed by atoms with Gasteiger partial charge in [-0.3, -0.25) is 0 Å². The molecule has 0 bridgehead atoms. The van der Waals surface area contributed by atoms with Crippen molar-refractivity contribution in [3.8, 4) is 16.9 Å². The van der Waals surface area contributed by atoms with Crippen LogP contribution in [0.3, 0.4) is 0 Å². The molecule has 2 aromatic carbocycles. The van der Waals surface area contributed by atoms with Crippen molar-refractivity contribution in [3.63, 3.8) is 0 Å². The molecule has 28 heavy (non-hydrogen) atoms. The third-order valence-electron chi connectivity index (χ3n) is 4.17. The van der Waals surface area contributed by atoms with Crippen molar-refractivity contribution in [2.75, 3.05) is 26.3 Å². The molecule has 0 fully saturated rings. The van der Waals surface area contributed by atoms with Crippen LogP contribution in [0.25, 0.3) is 16.9 Å². The molecule has 0 aliphatic heterocycles. The summed E-state index contributed by atoms with van der Waals surface area (Å²) in [7, 11) is -3.80. The number of rotatable bonds is 8. The highest BCUT2D eigenvalue weighted by molar-refractivity contribution is 7.89. The van der Waals surface area contributed by atoms with E-state index in [1.165, 1.54) is 12.1 Å². The Morgan fingerprint density at radius 2 is 1.54 bits per heavy atom. The van der Waals surface area contributed by atoms with Gasteiger partial charge in [0.05, 0.1) is 29.5 Å². The summed E-state index contributed by atoms with van der Waals surface area (Å²) >= 11 is 5.91. The predicted octanol–water partition coefficient (Wildman–Crippen LogP) is 2.17. The van der Waals surface area contributed by atoms with Crippen LogP contribution >= 0.6 is 11.6 Å². The minimum absolute atomic E-state index is 0.0751. The normalized spacial score (nSPS) is 11.9. The lowest BCUT2D eigenvalue weighted by Crippen LogP contribution is -2.35. The molecule has 0 radical (unpaired) electrons. The molecular weight excluding hydrogens is 402 g/mol. The largest absolute Gasteiger partial charge is 0.395 e. The van der Waals surface area contributed by atoms with Crippen LogP contribution in [0.15, 0.2) is 65.7 Å². The van der Waals surface area contributed by atoms with Crippen LogP contribution in [-0.2, 0) is 10.0 Å². The standard InChI is InChI=1S/C19H20ClN3O4S/c20-16-3-1-15(2-4-16)19-9-10-23(21-19)17-5-7-18(8-6-17)28(26,27)22(11-13-24)12-14-25/h1-10,24-25H,11-14H2. The first kappa shape index (κ1) is 20.5. The summed E-state index contributed by atoms with van der Waals surface area (Å²) in [4.78, 5) is 0.0863. The van der Waals surface area contributed by atoms with Gasteiger partial charge in [0.25, 0.3) is 0 Å². The Bertz CT molecular complexity index is 1010. The first-order chi connectivity index (χ1) is 13.5. The van der Waals surface area contributed by atoms with Crippen molar-refractivity contribution in [2.45, 2.75) is 4.90 Å². The molecule has 2 N–H and O–H groups in total. The molecule has 1 heterocycles. The van der Waals surface area contributed by atoms with Crippen LogP contribution < -0.4 is 0 Å². The summed E-state index contributed by atoms with van der Waals surface area (Å²) < 4.78 is 28.0. The second-order valence-electron chi connectivity index (χ2n) is 6.00. The molecular formula is C19H20ClN3O4S. The van der Waals surface area contributed by atoms with Crippen molar-refractivity contribution in [1.82, 2.24) is 14.1 Å². The van der Waals surface area contributed by atoms with Gasteiger partial charge in [0.1, 0.15) is 0 Å². The van der Waals surface area contributed by atoms with Crippen molar-refractivity contribution in [1.29, 1.82) is 0 Å².